The van der Waals surface area contributed by atoms with Crippen LogP contribution in [0.5, 0.6) is 5.75 Å². The first-order valence-corrected chi connectivity index (χ1v) is 8.61. The summed E-state index contributed by atoms with van der Waals surface area (Å²) >= 11 is -1.57. The maximum atomic E-state index is 13.7. The summed E-state index contributed by atoms with van der Waals surface area (Å²) in [6.07, 6.45) is 0. The minimum Gasteiger partial charge on any atom is -0.598 e. The molecular weight excluding hydrogens is 337 g/mol. The molecule has 0 fully saturated rings. The second-order valence-corrected chi connectivity index (χ2v) is 7.91. The SMILES string of the molecule is CCOC(=O)[C@H](N[S+]([O-])C(C)(C)C)c1cc(F)ccc1OCOC. The predicted octanol–water partition coefficient (Wildman–Crippen LogP) is 2.46. The Morgan fingerprint density at radius 1 is 1.42 bits per heavy atom. The molecule has 0 aliphatic carbocycles. The van der Waals surface area contributed by atoms with E-state index in [9.17, 15) is 13.7 Å². The Morgan fingerprint density at radius 2 is 2.08 bits per heavy atom. The van der Waals surface area contributed by atoms with Crippen molar-refractivity contribution in [3.8, 4) is 5.75 Å². The lowest BCUT2D eigenvalue weighted by Gasteiger charge is -2.27. The van der Waals surface area contributed by atoms with Crippen LogP contribution in [0.4, 0.5) is 4.39 Å². The van der Waals surface area contributed by atoms with Gasteiger partial charge in [-0.25, -0.2) is 9.18 Å². The number of carbonyl (C=O) groups excluding carboxylic acids is 1. The summed E-state index contributed by atoms with van der Waals surface area (Å²) in [5, 5.41) is 0. The second kappa shape index (κ2) is 9.22. The summed E-state index contributed by atoms with van der Waals surface area (Å²) in [6.45, 7) is 6.99. The summed E-state index contributed by atoms with van der Waals surface area (Å²) in [6, 6.07) is 2.61. The molecule has 0 aliphatic heterocycles. The Labute approximate surface area is 145 Å². The Balaban J connectivity index is 3.22. The average Bonchev–Trinajstić information content (AvgIpc) is 2.50. The number of methoxy groups -OCH3 is 1. The number of hydrogen-bond acceptors (Lipinski definition) is 6. The predicted molar refractivity (Wildman–Crippen MR) is 89.3 cm³/mol. The fourth-order valence-electron chi connectivity index (χ4n) is 1.75. The topological polar surface area (TPSA) is 79.9 Å². The molecule has 0 bridgehead atoms. The van der Waals surface area contributed by atoms with E-state index >= 15 is 0 Å². The lowest BCUT2D eigenvalue weighted by Crippen LogP contribution is -2.44. The van der Waals surface area contributed by atoms with Crippen molar-refractivity contribution in [3.05, 3.63) is 29.6 Å². The zero-order chi connectivity index (χ0) is 18.3. The molecule has 1 aromatic rings. The normalized spacial score (nSPS) is 14.1. The third-order valence-corrected chi connectivity index (χ3v) is 4.48. The highest BCUT2D eigenvalue weighted by Crippen LogP contribution is 2.29. The van der Waals surface area contributed by atoms with Crippen LogP contribution in [-0.2, 0) is 25.6 Å². The van der Waals surface area contributed by atoms with E-state index in [-0.39, 0.29) is 24.7 Å². The van der Waals surface area contributed by atoms with Gasteiger partial charge in [0.1, 0.15) is 16.3 Å². The molecule has 24 heavy (non-hydrogen) atoms. The Bertz CT molecular complexity index is 550. The molecule has 2 atom stereocenters. The van der Waals surface area contributed by atoms with Crippen LogP contribution in [-0.4, -0.2) is 35.8 Å². The van der Waals surface area contributed by atoms with Crippen molar-refractivity contribution in [2.75, 3.05) is 20.5 Å². The van der Waals surface area contributed by atoms with Gasteiger partial charge in [0.05, 0.1) is 6.61 Å². The van der Waals surface area contributed by atoms with Gasteiger partial charge in [-0.05, 0) is 45.9 Å². The van der Waals surface area contributed by atoms with Crippen LogP contribution in [0.3, 0.4) is 0 Å². The molecule has 0 spiro atoms. The van der Waals surface area contributed by atoms with Crippen LogP contribution < -0.4 is 9.46 Å². The van der Waals surface area contributed by atoms with Gasteiger partial charge in [0.25, 0.3) is 0 Å². The van der Waals surface area contributed by atoms with Gasteiger partial charge < -0.3 is 18.8 Å². The van der Waals surface area contributed by atoms with Gasteiger partial charge in [0, 0.05) is 24.0 Å². The van der Waals surface area contributed by atoms with Gasteiger partial charge in [0.2, 0.25) is 0 Å². The fraction of sp³-hybridized carbons (Fsp3) is 0.562. The van der Waals surface area contributed by atoms with Crippen molar-refractivity contribution in [2.24, 2.45) is 0 Å². The van der Waals surface area contributed by atoms with Crippen molar-refractivity contribution in [3.63, 3.8) is 0 Å². The molecule has 0 aromatic heterocycles. The molecule has 0 radical (unpaired) electrons. The van der Waals surface area contributed by atoms with E-state index < -0.39 is 33.9 Å². The molecule has 0 saturated heterocycles. The maximum absolute atomic E-state index is 13.7. The van der Waals surface area contributed by atoms with Crippen LogP contribution >= 0.6 is 0 Å². The number of ether oxygens (including phenoxy) is 3. The smallest absolute Gasteiger partial charge is 0.332 e. The molecule has 0 saturated carbocycles. The van der Waals surface area contributed by atoms with Crippen molar-refractivity contribution >= 4 is 17.3 Å². The number of benzene rings is 1. The molecule has 6 nitrogen and oxygen atoms in total. The lowest BCUT2D eigenvalue weighted by molar-refractivity contribution is -0.145. The summed E-state index contributed by atoms with van der Waals surface area (Å²) in [5.41, 5.74) is 0.197. The van der Waals surface area contributed by atoms with Crippen LogP contribution in [0.25, 0.3) is 0 Å². The van der Waals surface area contributed by atoms with E-state index in [2.05, 4.69) is 4.72 Å². The molecule has 0 aliphatic rings. The Hall–Kier alpha value is -1.35. The van der Waals surface area contributed by atoms with Gasteiger partial charge in [-0.15, -0.1) is 4.72 Å². The second-order valence-electron chi connectivity index (χ2n) is 5.92. The summed E-state index contributed by atoms with van der Waals surface area (Å²) in [7, 11) is 1.44. The number of esters is 1. The van der Waals surface area contributed by atoms with E-state index in [1.807, 2.05) is 0 Å². The third kappa shape index (κ3) is 5.94. The molecule has 1 unspecified atom stereocenters. The largest absolute Gasteiger partial charge is 0.598 e. The van der Waals surface area contributed by atoms with E-state index in [0.717, 1.165) is 6.07 Å². The van der Waals surface area contributed by atoms with Gasteiger partial charge >= 0.3 is 5.97 Å². The zero-order valence-corrected chi connectivity index (χ0v) is 15.4. The van der Waals surface area contributed by atoms with Crippen LogP contribution in [0.2, 0.25) is 0 Å². The monoisotopic (exact) mass is 361 g/mol. The minimum absolute atomic E-state index is 0.0729. The highest BCUT2D eigenvalue weighted by molar-refractivity contribution is 7.90. The van der Waals surface area contributed by atoms with E-state index in [1.54, 1.807) is 27.7 Å². The summed E-state index contributed by atoms with van der Waals surface area (Å²) < 4.78 is 43.5. The molecule has 0 heterocycles. The maximum Gasteiger partial charge on any atom is 0.332 e. The van der Waals surface area contributed by atoms with Crippen molar-refractivity contribution < 1.29 is 27.9 Å². The lowest BCUT2D eigenvalue weighted by atomic mass is 10.1. The first kappa shape index (κ1) is 20.7. The molecule has 136 valence electrons. The third-order valence-electron chi connectivity index (χ3n) is 2.92. The highest BCUT2D eigenvalue weighted by Gasteiger charge is 2.35. The van der Waals surface area contributed by atoms with Crippen molar-refractivity contribution in [2.45, 2.75) is 38.5 Å². The van der Waals surface area contributed by atoms with E-state index in [1.165, 1.54) is 19.2 Å². The Kier molecular flexibility index (Phi) is 7.95. The molecule has 1 aromatic carbocycles. The average molecular weight is 361 g/mol. The number of carbonyl (C=O) groups is 1. The fourth-order valence-corrected chi connectivity index (χ4v) is 2.54. The first-order valence-electron chi connectivity index (χ1n) is 7.46. The number of halogens is 1. The van der Waals surface area contributed by atoms with Gasteiger partial charge in [-0.2, -0.15) is 0 Å². The first-order chi connectivity index (χ1) is 11.2. The summed E-state index contributed by atoms with van der Waals surface area (Å²) in [5.74, 6) is -0.968. The molecule has 0 amide bonds. The van der Waals surface area contributed by atoms with Crippen molar-refractivity contribution in [1.29, 1.82) is 0 Å². The van der Waals surface area contributed by atoms with E-state index in [0.29, 0.717) is 0 Å². The number of nitrogens with one attached hydrogen (secondary N) is 1. The van der Waals surface area contributed by atoms with Crippen LogP contribution in [0.15, 0.2) is 18.2 Å². The standard InChI is InChI=1S/C16H24FNO5S/c1-6-22-15(19)14(18-24(20)16(2,3)4)12-9-11(17)7-8-13(12)23-10-21-5/h7-9,14,18H,6,10H2,1-5H3/t14-,24?/m1/s1. The molecule has 8 heteroatoms. The van der Waals surface area contributed by atoms with Gasteiger partial charge in [-0.3, -0.25) is 0 Å². The quantitative estimate of drug-likeness (QED) is 0.435. The number of rotatable bonds is 8. The molecular formula is C16H24FNO5S. The van der Waals surface area contributed by atoms with Crippen LogP contribution in [0, 0.1) is 5.82 Å². The number of hydrogen-bond donors (Lipinski definition) is 1. The van der Waals surface area contributed by atoms with Gasteiger partial charge in [-0.1, -0.05) is 0 Å². The van der Waals surface area contributed by atoms with Crippen molar-refractivity contribution in [1.82, 2.24) is 4.72 Å². The summed E-state index contributed by atoms with van der Waals surface area (Å²) in [4.78, 5) is 12.3. The molecule has 1 N–H and O–H groups in total. The van der Waals surface area contributed by atoms with Gasteiger partial charge in [0.15, 0.2) is 12.8 Å². The highest BCUT2D eigenvalue weighted by atomic mass is 32.2. The minimum atomic E-state index is -1.57. The molecule has 1 rings (SSSR count). The zero-order valence-electron chi connectivity index (χ0n) is 14.6. The van der Waals surface area contributed by atoms with Crippen LogP contribution in [0.1, 0.15) is 39.3 Å². The Morgan fingerprint density at radius 3 is 2.62 bits per heavy atom. The van der Waals surface area contributed by atoms with E-state index in [4.69, 9.17) is 14.2 Å².